The summed E-state index contributed by atoms with van der Waals surface area (Å²) in [4.78, 5) is 35.3. The predicted octanol–water partition coefficient (Wildman–Crippen LogP) is 3.62. The molecule has 0 saturated carbocycles. The fourth-order valence-corrected chi connectivity index (χ4v) is 3.43. The Morgan fingerprint density at radius 3 is 2.19 bits per heavy atom. The van der Waals surface area contributed by atoms with Crippen molar-refractivity contribution in [2.75, 3.05) is 0 Å². The van der Waals surface area contributed by atoms with E-state index in [1.54, 1.807) is 13.8 Å². The first-order valence-electron chi connectivity index (χ1n) is 10.1. The van der Waals surface area contributed by atoms with Crippen LogP contribution in [0.1, 0.15) is 46.8 Å². The predicted molar refractivity (Wildman–Crippen MR) is 118 cm³/mol. The van der Waals surface area contributed by atoms with Gasteiger partial charge in [-0.1, -0.05) is 54.6 Å². The van der Waals surface area contributed by atoms with Crippen molar-refractivity contribution >= 4 is 17.8 Å². The molecular weight excluding hydrogens is 410 g/mol. The van der Waals surface area contributed by atoms with Crippen LogP contribution in [0.4, 0.5) is 0 Å². The molecule has 3 aromatic rings. The number of carboxylic acid groups (broad SMARTS) is 2. The summed E-state index contributed by atoms with van der Waals surface area (Å²) in [7, 11) is 0. The number of rotatable bonds is 9. The molecule has 0 saturated heterocycles. The maximum atomic E-state index is 12.6. The first-order valence-corrected chi connectivity index (χ1v) is 10.1. The van der Waals surface area contributed by atoms with E-state index in [9.17, 15) is 19.5 Å². The second-order valence-electron chi connectivity index (χ2n) is 8.30. The molecule has 1 unspecified atom stereocenters. The molecule has 1 aromatic heterocycles. The number of aliphatic carboxylic acids is 1. The van der Waals surface area contributed by atoms with Crippen molar-refractivity contribution in [3.63, 3.8) is 0 Å². The molecule has 8 heteroatoms. The average molecular weight is 435 g/mol. The Bertz CT molecular complexity index is 1100. The molecule has 0 radical (unpaired) electrons. The number of nitrogens with zero attached hydrogens (tertiary/aromatic N) is 1. The Balaban J connectivity index is 1.78. The van der Waals surface area contributed by atoms with E-state index in [1.165, 1.54) is 0 Å². The van der Waals surface area contributed by atoms with Gasteiger partial charge in [-0.2, -0.15) is 5.10 Å². The Kier molecular flexibility index (Phi) is 6.73. The summed E-state index contributed by atoms with van der Waals surface area (Å²) in [5.74, 6) is -2.76. The van der Waals surface area contributed by atoms with Gasteiger partial charge >= 0.3 is 11.9 Å². The smallest absolute Gasteiger partial charge is 0.353 e. The van der Waals surface area contributed by atoms with Crippen LogP contribution >= 0.6 is 0 Å². The monoisotopic (exact) mass is 435 g/mol. The van der Waals surface area contributed by atoms with Crippen LogP contribution in [-0.4, -0.2) is 44.3 Å². The largest absolute Gasteiger partial charge is 0.481 e. The SMILES string of the molecule is CC(C)(CC(Cc1ccc(-c2ccccc2)cc1)NC(=O)c1cc(C(=O)O)[nH]n1)C(=O)O. The normalized spacial score (nSPS) is 12.2. The molecule has 4 N–H and O–H groups in total. The molecule has 1 heterocycles. The highest BCUT2D eigenvalue weighted by Gasteiger charge is 2.32. The van der Waals surface area contributed by atoms with Gasteiger partial charge in [-0.05, 0) is 43.4 Å². The number of carbonyl (C=O) groups is 3. The van der Waals surface area contributed by atoms with Crippen LogP contribution in [0.5, 0.6) is 0 Å². The van der Waals surface area contributed by atoms with Gasteiger partial charge in [0.2, 0.25) is 0 Å². The van der Waals surface area contributed by atoms with Crippen molar-refractivity contribution in [1.29, 1.82) is 0 Å². The molecule has 0 fully saturated rings. The Hall–Kier alpha value is -3.94. The Labute approximate surface area is 185 Å². The number of carboxylic acids is 2. The minimum Gasteiger partial charge on any atom is -0.481 e. The third-order valence-electron chi connectivity index (χ3n) is 5.25. The summed E-state index contributed by atoms with van der Waals surface area (Å²) in [5.41, 5.74) is 1.74. The van der Waals surface area contributed by atoms with Gasteiger partial charge in [-0.3, -0.25) is 14.7 Å². The van der Waals surface area contributed by atoms with E-state index >= 15 is 0 Å². The third kappa shape index (κ3) is 5.60. The van der Waals surface area contributed by atoms with Crippen LogP contribution in [0.3, 0.4) is 0 Å². The Morgan fingerprint density at radius 1 is 1.00 bits per heavy atom. The lowest BCUT2D eigenvalue weighted by Crippen LogP contribution is -2.41. The number of amides is 1. The minimum atomic E-state index is -1.22. The van der Waals surface area contributed by atoms with Crippen LogP contribution in [0.15, 0.2) is 60.7 Å². The molecule has 2 aromatic carbocycles. The van der Waals surface area contributed by atoms with E-state index in [1.807, 2.05) is 54.6 Å². The van der Waals surface area contributed by atoms with Gasteiger partial charge in [0.1, 0.15) is 5.69 Å². The fraction of sp³-hybridized carbons (Fsp3) is 0.250. The number of nitrogens with one attached hydrogen (secondary N) is 2. The van der Waals surface area contributed by atoms with Crippen molar-refractivity contribution in [3.8, 4) is 11.1 Å². The van der Waals surface area contributed by atoms with Crippen LogP contribution in [-0.2, 0) is 11.2 Å². The van der Waals surface area contributed by atoms with Gasteiger partial charge in [0.25, 0.3) is 5.91 Å². The zero-order valence-electron chi connectivity index (χ0n) is 17.8. The quantitative estimate of drug-likeness (QED) is 0.406. The highest BCUT2D eigenvalue weighted by Crippen LogP contribution is 2.25. The van der Waals surface area contributed by atoms with Crippen molar-refractivity contribution in [3.05, 3.63) is 77.6 Å². The van der Waals surface area contributed by atoms with Crippen LogP contribution in [0, 0.1) is 5.41 Å². The zero-order valence-corrected chi connectivity index (χ0v) is 17.8. The van der Waals surface area contributed by atoms with E-state index in [4.69, 9.17) is 5.11 Å². The van der Waals surface area contributed by atoms with Crippen LogP contribution < -0.4 is 5.32 Å². The number of H-pyrrole nitrogens is 1. The number of hydrogen-bond donors (Lipinski definition) is 4. The van der Waals surface area contributed by atoms with Crippen molar-refractivity contribution in [2.45, 2.75) is 32.7 Å². The summed E-state index contributed by atoms with van der Waals surface area (Å²) in [6.07, 6.45) is 0.596. The van der Waals surface area contributed by atoms with E-state index in [0.717, 1.165) is 22.8 Å². The topological polar surface area (TPSA) is 132 Å². The molecule has 166 valence electrons. The second-order valence-corrected chi connectivity index (χ2v) is 8.30. The first kappa shape index (κ1) is 22.7. The lowest BCUT2D eigenvalue weighted by atomic mass is 9.83. The summed E-state index contributed by atoms with van der Waals surface area (Å²) in [5, 5.41) is 27.4. The lowest BCUT2D eigenvalue weighted by Gasteiger charge is -2.27. The van der Waals surface area contributed by atoms with Gasteiger partial charge in [-0.15, -0.1) is 0 Å². The highest BCUT2D eigenvalue weighted by molar-refractivity contribution is 5.95. The van der Waals surface area contributed by atoms with Crippen molar-refractivity contribution in [1.82, 2.24) is 15.5 Å². The number of hydrogen-bond acceptors (Lipinski definition) is 4. The number of aromatic nitrogens is 2. The van der Waals surface area contributed by atoms with Gasteiger partial charge in [-0.25, -0.2) is 4.79 Å². The molecule has 1 amide bonds. The molecule has 0 aliphatic rings. The summed E-state index contributed by atoms with van der Waals surface area (Å²) in [6, 6.07) is 18.4. The second kappa shape index (κ2) is 9.47. The fourth-order valence-electron chi connectivity index (χ4n) is 3.43. The first-order chi connectivity index (χ1) is 15.2. The number of aromatic amines is 1. The molecular formula is C24H25N3O5. The molecule has 0 aliphatic heterocycles. The van der Waals surface area contributed by atoms with Gasteiger partial charge in [0.15, 0.2) is 5.69 Å². The van der Waals surface area contributed by atoms with E-state index in [-0.39, 0.29) is 17.8 Å². The van der Waals surface area contributed by atoms with E-state index < -0.39 is 29.3 Å². The maximum absolute atomic E-state index is 12.6. The van der Waals surface area contributed by atoms with E-state index in [0.29, 0.717) is 6.42 Å². The third-order valence-corrected chi connectivity index (χ3v) is 5.25. The number of carbonyl (C=O) groups excluding carboxylic acids is 1. The Morgan fingerprint density at radius 2 is 1.62 bits per heavy atom. The standard InChI is InChI=1S/C24H25N3O5/c1-24(2,23(31)32)14-18(25-21(28)19-13-20(22(29)30)27-26-19)12-15-8-10-17(11-9-15)16-6-4-3-5-7-16/h3-11,13,18H,12,14H2,1-2H3,(H,25,28)(H,26,27)(H,29,30)(H,31,32). The van der Waals surface area contributed by atoms with Crippen molar-refractivity contribution in [2.24, 2.45) is 5.41 Å². The summed E-state index contributed by atoms with van der Waals surface area (Å²) >= 11 is 0. The summed E-state index contributed by atoms with van der Waals surface area (Å²) < 4.78 is 0. The molecule has 0 spiro atoms. The van der Waals surface area contributed by atoms with Gasteiger partial charge in [0.05, 0.1) is 5.41 Å². The van der Waals surface area contributed by atoms with Crippen LogP contribution in [0.2, 0.25) is 0 Å². The number of benzene rings is 2. The molecule has 3 rings (SSSR count). The zero-order chi connectivity index (χ0) is 23.3. The average Bonchev–Trinajstić information content (AvgIpc) is 3.25. The van der Waals surface area contributed by atoms with Crippen LogP contribution in [0.25, 0.3) is 11.1 Å². The van der Waals surface area contributed by atoms with E-state index in [2.05, 4.69) is 15.5 Å². The molecule has 1 atom stereocenters. The summed E-state index contributed by atoms with van der Waals surface area (Å²) in [6.45, 7) is 3.20. The van der Waals surface area contributed by atoms with Gasteiger partial charge < -0.3 is 15.5 Å². The van der Waals surface area contributed by atoms with Crippen molar-refractivity contribution < 1.29 is 24.6 Å². The molecule has 0 bridgehead atoms. The minimum absolute atomic E-state index is 0.0695. The number of aromatic carboxylic acids is 1. The maximum Gasteiger partial charge on any atom is 0.353 e. The molecule has 8 nitrogen and oxygen atoms in total. The highest BCUT2D eigenvalue weighted by atomic mass is 16.4. The lowest BCUT2D eigenvalue weighted by molar-refractivity contribution is -0.147. The van der Waals surface area contributed by atoms with Gasteiger partial charge in [0, 0.05) is 12.1 Å². The molecule has 32 heavy (non-hydrogen) atoms. The molecule has 0 aliphatic carbocycles.